The lowest BCUT2D eigenvalue weighted by molar-refractivity contribution is -0.150. The summed E-state index contributed by atoms with van der Waals surface area (Å²) in [6, 6.07) is 6.83. The Hall–Kier alpha value is -2.90. The minimum Gasteiger partial charge on any atom is -0.454 e. The summed E-state index contributed by atoms with van der Waals surface area (Å²) in [7, 11) is 0. The lowest BCUT2D eigenvalue weighted by atomic mass is 9.99. The summed E-state index contributed by atoms with van der Waals surface area (Å²) in [6.45, 7) is 6.56. The quantitative estimate of drug-likeness (QED) is 0.525. The second-order valence-electron chi connectivity index (χ2n) is 7.15. The van der Waals surface area contributed by atoms with Gasteiger partial charge in [-0.2, -0.15) is 0 Å². The van der Waals surface area contributed by atoms with E-state index in [2.05, 4.69) is 24.5 Å². The van der Waals surface area contributed by atoms with Gasteiger partial charge in [-0.05, 0) is 43.4 Å². The molecule has 1 aromatic carbocycles. The van der Waals surface area contributed by atoms with Gasteiger partial charge in [0.25, 0.3) is 11.8 Å². The van der Waals surface area contributed by atoms with Crippen LogP contribution >= 0.6 is 0 Å². The predicted molar refractivity (Wildman–Crippen MR) is 104 cm³/mol. The Morgan fingerprint density at radius 3 is 2.39 bits per heavy atom. The molecule has 2 atom stereocenters. The SMILES string of the molecule is CC[C@@H](C)c1ccc(NC(=O)COC(=O)CN2C(=O)N[C@](C)(CC)C2=O)cc1. The van der Waals surface area contributed by atoms with Gasteiger partial charge in [0.1, 0.15) is 12.1 Å². The van der Waals surface area contributed by atoms with Crippen molar-refractivity contribution in [1.82, 2.24) is 10.2 Å². The standard InChI is InChI=1S/C20H27N3O5/c1-5-13(3)14-7-9-15(10-8-14)21-16(24)12-28-17(25)11-23-18(26)20(4,6-2)22-19(23)27/h7-10,13H,5-6,11-12H2,1-4H3,(H,21,24)(H,22,27)/t13-,20-/m1/s1. The van der Waals surface area contributed by atoms with E-state index in [0.717, 1.165) is 11.3 Å². The Morgan fingerprint density at radius 2 is 1.86 bits per heavy atom. The summed E-state index contributed by atoms with van der Waals surface area (Å²) in [6.07, 6.45) is 1.43. The highest BCUT2D eigenvalue weighted by molar-refractivity contribution is 6.08. The molecule has 1 aliphatic heterocycles. The van der Waals surface area contributed by atoms with Crippen LogP contribution in [-0.4, -0.2) is 47.4 Å². The van der Waals surface area contributed by atoms with Crippen LogP contribution in [0.1, 0.15) is 52.0 Å². The molecule has 1 fully saturated rings. The Kier molecular flexibility index (Phi) is 6.77. The molecule has 2 N–H and O–H groups in total. The first kappa shape index (κ1) is 21.4. The van der Waals surface area contributed by atoms with Crippen molar-refractivity contribution in [2.45, 2.75) is 52.0 Å². The third kappa shape index (κ3) is 4.88. The van der Waals surface area contributed by atoms with E-state index < -0.39 is 42.5 Å². The molecule has 0 unspecified atom stereocenters. The fraction of sp³-hybridized carbons (Fsp3) is 0.500. The van der Waals surface area contributed by atoms with Gasteiger partial charge in [0.2, 0.25) is 0 Å². The molecule has 28 heavy (non-hydrogen) atoms. The van der Waals surface area contributed by atoms with Crippen molar-refractivity contribution >= 4 is 29.5 Å². The van der Waals surface area contributed by atoms with Crippen LogP contribution in [0.25, 0.3) is 0 Å². The first-order valence-corrected chi connectivity index (χ1v) is 9.39. The Labute approximate surface area is 164 Å². The number of nitrogens with one attached hydrogen (secondary N) is 2. The largest absolute Gasteiger partial charge is 0.454 e. The number of imide groups is 1. The molecule has 2 rings (SSSR count). The van der Waals surface area contributed by atoms with Gasteiger partial charge in [-0.1, -0.05) is 32.9 Å². The highest BCUT2D eigenvalue weighted by atomic mass is 16.5. The molecule has 0 saturated carbocycles. The Bertz CT molecular complexity index is 762. The average molecular weight is 389 g/mol. The van der Waals surface area contributed by atoms with Gasteiger partial charge >= 0.3 is 12.0 Å². The topological polar surface area (TPSA) is 105 Å². The summed E-state index contributed by atoms with van der Waals surface area (Å²) in [4.78, 5) is 48.8. The Morgan fingerprint density at radius 1 is 1.21 bits per heavy atom. The highest BCUT2D eigenvalue weighted by Crippen LogP contribution is 2.21. The summed E-state index contributed by atoms with van der Waals surface area (Å²) < 4.78 is 4.89. The molecule has 0 aliphatic carbocycles. The molecule has 4 amide bonds. The molecule has 0 spiro atoms. The second-order valence-corrected chi connectivity index (χ2v) is 7.15. The van der Waals surface area contributed by atoms with Gasteiger partial charge < -0.3 is 15.4 Å². The second kappa shape index (κ2) is 8.86. The lowest BCUT2D eigenvalue weighted by Gasteiger charge is -2.18. The van der Waals surface area contributed by atoms with Crippen LogP contribution < -0.4 is 10.6 Å². The van der Waals surface area contributed by atoms with Gasteiger partial charge in [-0.3, -0.25) is 19.3 Å². The number of hydrogen-bond acceptors (Lipinski definition) is 5. The number of hydrogen-bond donors (Lipinski definition) is 2. The highest BCUT2D eigenvalue weighted by Gasteiger charge is 2.47. The number of rotatable bonds is 8. The van der Waals surface area contributed by atoms with Crippen molar-refractivity contribution in [2.24, 2.45) is 0 Å². The maximum absolute atomic E-state index is 12.2. The molecule has 1 aliphatic rings. The van der Waals surface area contributed by atoms with E-state index in [-0.39, 0.29) is 0 Å². The number of anilines is 1. The van der Waals surface area contributed by atoms with E-state index in [4.69, 9.17) is 4.74 Å². The number of esters is 1. The maximum atomic E-state index is 12.2. The first-order chi connectivity index (χ1) is 13.2. The molecule has 0 bridgehead atoms. The maximum Gasteiger partial charge on any atom is 0.326 e. The van der Waals surface area contributed by atoms with Crippen LogP contribution in [0.3, 0.4) is 0 Å². The molecular weight excluding hydrogens is 362 g/mol. The molecule has 8 nitrogen and oxygen atoms in total. The Balaban J connectivity index is 1.82. The van der Waals surface area contributed by atoms with E-state index in [1.54, 1.807) is 26.0 Å². The monoisotopic (exact) mass is 389 g/mol. The minimum absolute atomic E-state index is 0.404. The van der Waals surface area contributed by atoms with E-state index in [9.17, 15) is 19.2 Å². The van der Waals surface area contributed by atoms with Crippen molar-refractivity contribution in [3.63, 3.8) is 0 Å². The first-order valence-electron chi connectivity index (χ1n) is 9.39. The number of carbonyl (C=O) groups excluding carboxylic acids is 4. The number of ether oxygens (including phenoxy) is 1. The third-order valence-electron chi connectivity index (χ3n) is 5.08. The molecule has 8 heteroatoms. The van der Waals surface area contributed by atoms with Gasteiger partial charge in [-0.25, -0.2) is 4.79 Å². The van der Waals surface area contributed by atoms with Crippen molar-refractivity contribution in [3.8, 4) is 0 Å². The zero-order valence-corrected chi connectivity index (χ0v) is 16.7. The van der Waals surface area contributed by atoms with E-state index in [1.807, 2.05) is 12.1 Å². The normalized spacial score (nSPS) is 19.9. The van der Waals surface area contributed by atoms with Crippen LogP contribution in [0.5, 0.6) is 0 Å². The van der Waals surface area contributed by atoms with Crippen LogP contribution in [0.4, 0.5) is 10.5 Å². The third-order valence-corrected chi connectivity index (χ3v) is 5.08. The zero-order chi connectivity index (χ0) is 20.9. The van der Waals surface area contributed by atoms with Crippen LogP contribution in [0.2, 0.25) is 0 Å². The average Bonchev–Trinajstić information content (AvgIpc) is 2.90. The number of amides is 4. The molecule has 1 heterocycles. The van der Waals surface area contributed by atoms with Gasteiger partial charge in [0, 0.05) is 5.69 Å². The fourth-order valence-electron chi connectivity index (χ4n) is 2.78. The number of benzene rings is 1. The molecule has 0 radical (unpaired) electrons. The van der Waals surface area contributed by atoms with E-state index in [1.165, 1.54) is 5.56 Å². The van der Waals surface area contributed by atoms with Crippen LogP contribution in [-0.2, 0) is 19.1 Å². The van der Waals surface area contributed by atoms with Gasteiger partial charge in [-0.15, -0.1) is 0 Å². The van der Waals surface area contributed by atoms with Crippen molar-refractivity contribution < 1.29 is 23.9 Å². The number of nitrogens with zero attached hydrogens (tertiary/aromatic N) is 1. The minimum atomic E-state index is -1.02. The zero-order valence-electron chi connectivity index (χ0n) is 16.7. The molecule has 152 valence electrons. The van der Waals surface area contributed by atoms with Crippen LogP contribution in [0, 0.1) is 0 Å². The molecule has 1 saturated heterocycles. The van der Waals surface area contributed by atoms with E-state index >= 15 is 0 Å². The lowest BCUT2D eigenvalue weighted by Crippen LogP contribution is -2.43. The molecule has 0 aromatic heterocycles. The summed E-state index contributed by atoms with van der Waals surface area (Å²) in [5, 5.41) is 5.19. The number of carbonyl (C=O) groups is 4. The van der Waals surface area contributed by atoms with Crippen LogP contribution in [0.15, 0.2) is 24.3 Å². The van der Waals surface area contributed by atoms with Crippen molar-refractivity contribution in [3.05, 3.63) is 29.8 Å². The fourth-order valence-corrected chi connectivity index (χ4v) is 2.78. The van der Waals surface area contributed by atoms with Crippen molar-refractivity contribution in [2.75, 3.05) is 18.5 Å². The smallest absolute Gasteiger partial charge is 0.326 e. The van der Waals surface area contributed by atoms with Gasteiger partial charge in [0.15, 0.2) is 6.61 Å². The van der Waals surface area contributed by atoms with Gasteiger partial charge in [0.05, 0.1) is 0 Å². The predicted octanol–water partition coefficient (Wildman–Crippen LogP) is 2.40. The summed E-state index contributed by atoms with van der Waals surface area (Å²) >= 11 is 0. The summed E-state index contributed by atoms with van der Waals surface area (Å²) in [5.41, 5.74) is 0.761. The number of urea groups is 1. The molecule has 1 aromatic rings. The van der Waals surface area contributed by atoms with E-state index in [0.29, 0.717) is 18.0 Å². The summed E-state index contributed by atoms with van der Waals surface area (Å²) in [5.74, 6) is -1.38. The van der Waals surface area contributed by atoms with Crippen molar-refractivity contribution in [1.29, 1.82) is 0 Å². The molecular formula is C20H27N3O5.